The summed E-state index contributed by atoms with van der Waals surface area (Å²) in [4.78, 5) is 0. The van der Waals surface area contributed by atoms with Gasteiger partial charge in [-0.15, -0.1) is 0 Å². The van der Waals surface area contributed by atoms with Crippen LogP contribution < -0.4 is 5.32 Å². The van der Waals surface area contributed by atoms with Crippen molar-refractivity contribution in [3.63, 3.8) is 0 Å². The van der Waals surface area contributed by atoms with Crippen LogP contribution in [0.25, 0.3) is 0 Å². The zero-order chi connectivity index (χ0) is 14.0. The number of rotatable bonds is 4. The van der Waals surface area contributed by atoms with Crippen LogP contribution in [0.4, 0.5) is 8.78 Å². The number of nitrogens with zero attached hydrogens (tertiary/aromatic N) is 1. The smallest absolute Gasteiger partial charge is 0.150 e. The van der Waals surface area contributed by atoms with Crippen molar-refractivity contribution in [2.45, 2.75) is 33.4 Å². The summed E-state index contributed by atoms with van der Waals surface area (Å²) < 4.78 is 32.3. The Morgan fingerprint density at radius 1 is 1.21 bits per heavy atom. The molecule has 1 N–H and O–H groups in total. The minimum absolute atomic E-state index is 0.305. The number of benzene rings is 1. The third-order valence-corrected chi connectivity index (χ3v) is 3.00. The van der Waals surface area contributed by atoms with Crippen molar-refractivity contribution < 1.29 is 13.3 Å². The molecule has 0 spiro atoms. The summed E-state index contributed by atoms with van der Waals surface area (Å²) in [5, 5.41) is 6.84. The van der Waals surface area contributed by atoms with Gasteiger partial charge in [-0.25, -0.2) is 8.78 Å². The van der Waals surface area contributed by atoms with Crippen LogP contribution in [0, 0.1) is 25.5 Å². The highest BCUT2D eigenvalue weighted by atomic mass is 19.1. The Morgan fingerprint density at radius 2 is 1.95 bits per heavy atom. The Bertz CT molecular complexity index is 581. The van der Waals surface area contributed by atoms with Gasteiger partial charge in [0, 0.05) is 17.7 Å². The molecule has 0 saturated heterocycles. The number of aromatic nitrogens is 1. The maximum absolute atomic E-state index is 13.8. The fraction of sp³-hybridized carbons (Fsp3) is 0.357. The first-order valence-electron chi connectivity index (χ1n) is 6.08. The molecule has 5 heteroatoms. The number of aryl methyl sites for hydroxylation is 2. The highest BCUT2D eigenvalue weighted by Gasteiger charge is 2.14. The van der Waals surface area contributed by atoms with E-state index in [0.29, 0.717) is 23.4 Å². The van der Waals surface area contributed by atoms with Crippen molar-refractivity contribution >= 4 is 0 Å². The molecular weight excluding hydrogens is 250 g/mol. The van der Waals surface area contributed by atoms with E-state index in [1.54, 1.807) is 13.0 Å². The van der Waals surface area contributed by atoms with Gasteiger partial charge in [-0.3, -0.25) is 0 Å². The van der Waals surface area contributed by atoms with E-state index in [2.05, 4.69) is 10.5 Å². The lowest BCUT2D eigenvalue weighted by molar-refractivity contribution is 0.361. The van der Waals surface area contributed by atoms with Gasteiger partial charge in [0.2, 0.25) is 0 Å². The number of halogens is 2. The van der Waals surface area contributed by atoms with E-state index in [-0.39, 0.29) is 6.04 Å². The van der Waals surface area contributed by atoms with Gasteiger partial charge in [0.15, 0.2) is 5.76 Å². The lowest BCUT2D eigenvalue weighted by Gasteiger charge is -2.14. The van der Waals surface area contributed by atoms with Gasteiger partial charge in [-0.2, -0.15) is 0 Å². The molecule has 1 heterocycles. The Hall–Kier alpha value is -1.75. The second-order valence-corrected chi connectivity index (χ2v) is 4.66. The van der Waals surface area contributed by atoms with E-state index in [9.17, 15) is 8.78 Å². The van der Waals surface area contributed by atoms with Gasteiger partial charge in [0.25, 0.3) is 0 Å². The predicted octanol–water partition coefficient (Wildman–Crippen LogP) is 3.42. The van der Waals surface area contributed by atoms with Crippen LogP contribution in [-0.4, -0.2) is 5.16 Å². The highest BCUT2D eigenvalue weighted by Crippen LogP contribution is 2.21. The van der Waals surface area contributed by atoms with Crippen molar-refractivity contribution in [1.29, 1.82) is 0 Å². The Morgan fingerprint density at radius 3 is 2.58 bits per heavy atom. The van der Waals surface area contributed by atoms with E-state index in [4.69, 9.17) is 4.52 Å². The third kappa shape index (κ3) is 3.17. The standard InChI is InChI=1S/C14H16F2N2O/c1-8-4-14(16)12(6-13(8)15)10(3)17-7-11-5-9(2)18-19-11/h4-6,10,17H,7H2,1-3H3. The monoisotopic (exact) mass is 266 g/mol. The van der Waals surface area contributed by atoms with Crippen LogP contribution in [0.2, 0.25) is 0 Å². The van der Waals surface area contributed by atoms with Crippen LogP contribution in [0.5, 0.6) is 0 Å². The lowest BCUT2D eigenvalue weighted by Crippen LogP contribution is -2.19. The number of hydrogen-bond donors (Lipinski definition) is 1. The van der Waals surface area contributed by atoms with E-state index in [1.807, 2.05) is 6.92 Å². The van der Waals surface area contributed by atoms with E-state index < -0.39 is 11.6 Å². The van der Waals surface area contributed by atoms with Gasteiger partial charge in [-0.05, 0) is 38.5 Å². The maximum atomic E-state index is 13.8. The second-order valence-electron chi connectivity index (χ2n) is 4.66. The van der Waals surface area contributed by atoms with E-state index in [0.717, 1.165) is 5.69 Å². The van der Waals surface area contributed by atoms with Crippen molar-refractivity contribution in [2.75, 3.05) is 0 Å². The zero-order valence-electron chi connectivity index (χ0n) is 11.1. The van der Waals surface area contributed by atoms with E-state index >= 15 is 0 Å². The van der Waals surface area contributed by atoms with E-state index in [1.165, 1.54) is 19.1 Å². The van der Waals surface area contributed by atoms with Crippen molar-refractivity contribution in [2.24, 2.45) is 0 Å². The maximum Gasteiger partial charge on any atom is 0.150 e. The molecule has 102 valence electrons. The van der Waals surface area contributed by atoms with Crippen LogP contribution in [-0.2, 0) is 6.54 Å². The van der Waals surface area contributed by atoms with Crippen molar-refractivity contribution in [1.82, 2.24) is 10.5 Å². The van der Waals surface area contributed by atoms with Crippen LogP contribution >= 0.6 is 0 Å². The minimum atomic E-state index is -0.410. The summed E-state index contributed by atoms with van der Waals surface area (Å²) in [5.41, 5.74) is 1.40. The van der Waals surface area contributed by atoms with Gasteiger partial charge >= 0.3 is 0 Å². The molecule has 1 unspecified atom stereocenters. The average Bonchev–Trinajstić information content (AvgIpc) is 2.77. The van der Waals surface area contributed by atoms with Gasteiger partial charge in [0.1, 0.15) is 11.6 Å². The lowest BCUT2D eigenvalue weighted by atomic mass is 10.0. The first kappa shape index (κ1) is 13.7. The largest absolute Gasteiger partial charge is 0.360 e. The summed E-state index contributed by atoms with van der Waals surface area (Å²) in [7, 11) is 0. The van der Waals surface area contributed by atoms with Crippen LogP contribution in [0.15, 0.2) is 22.7 Å². The van der Waals surface area contributed by atoms with Crippen molar-refractivity contribution in [3.8, 4) is 0 Å². The molecule has 0 amide bonds. The second kappa shape index (κ2) is 5.48. The predicted molar refractivity (Wildman–Crippen MR) is 67.6 cm³/mol. The third-order valence-electron chi connectivity index (χ3n) is 3.00. The molecule has 19 heavy (non-hydrogen) atoms. The summed E-state index contributed by atoms with van der Waals surface area (Å²) in [6.07, 6.45) is 0. The minimum Gasteiger partial charge on any atom is -0.360 e. The molecular formula is C14H16F2N2O. The SMILES string of the molecule is Cc1cc(CNC(C)c2cc(F)c(C)cc2F)on1. The Balaban J connectivity index is 2.07. The summed E-state index contributed by atoms with van der Waals surface area (Å²) in [6, 6.07) is 3.92. The fourth-order valence-corrected chi connectivity index (χ4v) is 1.86. The first-order valence-corrected chi connectivity index (χ1v) is 6.08. The zero-order valence-corrected chi connectivity index (χ0v) is 11.1. The van der Waals surface area contributed by atoms with Gasteiger partial charge in [0.05, 0.1) is 12.2 Å². The number of nitrogens with one attached hydrogen (secondary N) is 1. The molecule has 0 fully saturated rings. The molecule has 0 saturated carbocycles. The Labute approximate surface area is 110 Å². The molecule has 1 atom stereocenters. The molecule has 1 aromatic heterocycles. The molecule has 1 aromatic carbocycles. The molecule has 3 nitrogen and oxygen atoms in total. The molecule has 0 aliphatic heterocycles. The summed E-state index contributed by atoms with van der Waals surface area (Å²) >= 11 is 0. The van der Waals surface area contributed by atoms with Crippen LogP contribution in [0.3, 0.4) is 0 Å². The summed E-state index contributed by atoms with van der Waals surface area (Å²) in [6.45, 7) is 5.55. The molecule has 0 aliphatic carbocycles. The molecule has 0 bridgehead atoms. The molecule has 2 aromatic rings. The van der Waals surface area contributed by atoms with Crippen molar-refractivity contribution in [3.05, 3.63) is 52.4 Å². The normalized spacial score (nSPS) is 12.7. The van der Waals surface area contributed by atoms with Gasteiger partial charge in [-0.1, -0.05) is 5.16 Å². The quantitative estimate of drug-likeness (QED) is 0.921. The van der Waals surface area contributed by atoms with Crippen LogP contribution in [0.1, 0.15) is 35.5 Å². The van der Waals surface area contributed by atoms with Gasteiger partial charge < -0.3 is 9.84 Å². The first-order chi connectivity index (χ1) is 8.97. The number of hydrogen-bond acceptors (Lipinski definition) is 3. The summed E-state index contributed by atoms with van der Waals surface area (Å²) in [5.74, 6) is -0.148. The highest BCUT2D eigenvalue weighted by molar-refractivity contribution is 5.27. The fourth-order valence-electron chi connectivity index (χ4n) is 1.86. The molecule has 0 radical (unpaired) electrons. The Kier molecular flexibility index (Phi) is 3.95. The topological polar surface area (TPSA) is 38.1 Å². The molecule has 2 rings (SSSR count). The molecule has 0 aliphatic rings. The average molecular weight is 266 g/mol.